The molecule has 0 unspecified atom stereocenters. The maximum absolute atomic E-state index is 5.65. The summed E-state index contributed by atoms with van der Waals surface area (Å²) in [6.07, 6.45) is 14.6. The van der Waals surface area contributed by atoms with E-state index >= 15 is 0 Å². The molecule has 2 rings (SSSR count). The molecule has 1 heterocycles. The van der Waals surface area contributed by atoms with Gasteiger partial charge in [0.05, 0.1) is 0 Å². The molecule has 2 aliphatic rings. The molecule has 0 spiro atoms. The highest BCUT2D eigenvalue weighted by Crippen LogP contribution is 2.30. The van der Waals surface area contributed by atoms with Crippen molar-refractivity contribution >= 4 is 0 Å². The van der Waals surface area contributed by atoms with Gasteiger partial charge in [-0.2, -0.15) is 0 Å². The minimum absolute atomic E-state index is 0.907. The zero-order chi connectivity index (χ0) is 10.3. The number of ether oxygens (including phenoxy) is 1. The van der Waals surface area contributed by atoms with Crippen LogP contribution in [-0.4, -0.2) is 13.2 Å². The molecule has 2 atom stereocenters. The highest BCUT2D eigenvalue weighted by atomic mass is 16.5. The molecule has 1 aliphatic heterocycles. The lowest BCUT2D eigenvalue weighted by atomic mass is 9.86. The van der Waals surface area contributed by atoms with Crippen LogP contribution in [0.5, 0.6) is 0 Å². The minimum Gasteiger partial charge on any atom is -0.381 e. The monoisotopic (exact) mass is 210 g/mol. The Hall–Kier alpha value is -0.0400. The molecule has 0 radical (unpaired) electrons. The van der Waals surface area contributed by atoms with Gasteiger partial charge in [0.15, 0.2) is 0 Å². The molecule has 1 saturated carbocycles. The summed E-state index contributed by atoms with van der Waals surface area (Å²) in [5, 5.41) is 0. The van der Waals surface area contributed by atoms with Crippen LogP contribution in [0, 0.1) is 11.8 Å². The Morgan fingerprint density at radius 2 is 0.933 bits per heavy atom. The van der Waals surface area contributed by atoms with E-state index in [4.69, 9.17) is 4.74 Å². The van der Waals surface area contributed by atoms with Crippen LogP contribution in [0.2, 0.25) is 0 Å². The van der Waals surface area contributed by atoms with Gasteiger partial charge in [0.1, 0.15) is 0 Å². The van der Waals surface area contributed by atoms with Crippen LogP contribution >= 0.6 is 0 Å². The molecule has 0 bridgehead atoms. The van der Waals surface area contributed by atoms with Gasteiger partial charge in [-0.15, -0.1) is 0 Å². The van der Waals surface area contributed by atoms with Crippen molar-refractivity contribution < 1.29 is 4.74 Å². The first kappa shape index (κ1) is 11.4. The second-order valence-electron chi connectivity index (χ2n) is 5.46. The largest absolute Gasteiger partial charge is 0.381 e. The zero-order valence-electron chi connectivity index (χ0n) is 10.0. The normalized spacial score (nSPS) is 35.2. The molecule has 1 aliphatic carbocycles. The summed E-state index contributed by atoms with van der Waals surface area (Å²) in [4.78, 5) is 0. The molecule has 88 valence electrons. The maximum Gasteiger partial charge on any atom is 0.0497 e. The first-order valence-corrected chi connectivity index (χ1v) is 7.04. The van der Waals surface area contributed by atoms with E-state index in [-0.39, 0.29) is 0 Å². The molecular formula is C14H26O. The highest BCUT2D eigenvalue weighted by Gasteiger charge is 2.26. The van der Waals surface area contributed by atoms with Gasteiger partial charge in [-0.1, -0.05) is 51.4 Å². The summed E-state index contributed by atoms with van der Waals surface area (Å²) in [7, 11) is 0. The van der Waals surface area contributed by atoms with E-state index in [2.05, 4.69) is 0 Å². The van der Waals surface area contributed by atoms with Gasteiger partial charge >= 0.3 is 0 Å². The molecule has 0 aromatic carbocycles. The van der Waals surface area contributed by atoms with E-state index in [9.17, 15) is 0 Å². The third-order valence-electron chi connectivity index (χ3n) is 4.23. The highest BCUT2D eigenvalue weighted by molar-refractivity contribution is 4.75. The van der Waals surface area contributed by atoms with Gasteiger partial charge in [-0.25, -0.2) is 0 Å². The fourth-order valence-corrected chi connectivity index (χ4v) is 3.15. The first-order chi connectivity index (χ1) is 7.47. The standard InChI is InChI=1S/C14H26O/c1-2-4-6-8-10-14-12-15-11-13(14)9-7-5-3-1/h13-14H,1-12H2/t13-,14-/m0/s1. The molecule has 1 saturated heterocycles. The van der Waals surface area contributed by atoms with Crippen molar-refractivity contribution in [2.45, 2.75) is 64.2 Å². The van der Waals surface area contributed by atoms with Gasteiger partial charge in [0.25, 0.3) is 0 Å². The lowest BCUT2D eigenvalue weighted by molar-refractivity contribution is 0.178. The summed E-state index contributed by atoms with van der Waals surface area (Å²) < 4.78 is 5.65. The van der Waals surface area contributed by atoms with Crippen molar-refractivity contribution in [1.82, 2.24) is 0 Å². The second-order valence-corrected chi connectivity index (χ2v) is 5.46. The van der Waals surface area contributed by atoms with Gasteiger partial charge in [0.2, 0.25) is 0 Å². The summed E-state index contributed by atoms with van der Waals surface area (Å²) in [5.41, 5.74) is 0. The van der Waals surface area contributed by atoms with E-state index in [0.717, 1.165) is 25.0 Å². The molecule has 0 aromatic heterocycles. The van der Waals surface area contributed by atoms with Crippen LogP contribution in [0.3, 0.4) is 0 Å². The Morgan fingerprint density at radius 3 is 1.40 bits per heavy atom. The predicted octanol–water partition coefficient (Wildman–Crippen LogP) is 4.16. The zero-order valence-corrected chi connectivity index (χ0v) is 10.0. The molecular weight excluding hydrogens is 184 g/mol. The lowest BCUT2D eigenvalue weighted by Gasteiger charge is -2.18. The van der Waals surface area contributed by atoms with Crippen molar-refractivity contribution in [3.05, 3.63) is 0 Å². The van der Waals surface area contributed by atoms with Crippen LogP contribution < -0.4 is 0 Å². The molecule has 0 N–H and O–H groups in total. The summed E-state index contributed by atoms with van der Waals surface area (Å²) >= 11 is 0. The topological polar surface area (TPSA) is 9.23 Å². The fraction of sp³-hybridized carbons (Fsp3) is 1.00. The fourth-order valence-electron chi connectivity index (χ4n) is 3.15. The lowest BCUT2D eigenvalue weighted by Crippen LogP contribution is -2.12. The average Bonchev–Trinajstić information content (AvgIpc) is 2.65. The van der Waals surface area contributed by atoms with E-state index in [1.165, 1.54) is 64.2 Å². The van der Waals surface area contributed by atoms with Crippen LogP contribution in [-0.2, 0) is 4.74 Å². The van der Waals surface area contributed by atoms with E-state index in [1.807, 2.05) is 0 Å². The van der Waals surface area contributed by atoms with Gasteiger partial charge in [0, 0.05) is 13.2 Å². The molecule has 2 fully saturated rings. The van der Waals surface area contributed by atoms with Crippen molar-refractivity contribution in [2.24, 2.45) is 11.8 Å². The number of hydrogen-bond donors (Lipinski definition) is 0. The molecule has 0 amide bonds. The van der Waals surface area contributed by atoms with Crippen molar-refractivity contribution in [1.29, 1.82) is 0 Å². The van der Waals surface area contributed by atoms with Crippen LogP contribution in [0.1, 0.15) is 64.2 Å². The van der Waals surface area contributed by atoms with E-state index in [0.29, 0.717) is 0 Å². The molecule has 0 aromatic rings. The molecule has 1 heteroatoms. The van der Waals surface area contributed by atoms with Gasteiger partial charge in [-0.3, -0.25) is 0 Å². The summed E-state index contributed by atoms with van der Waals surface area (Å²) in [6.45, 7) is 2.12. The van der Waals surface area contributed by atoms with E-state index < -0.39 is 0 Å². The van der Waals surface area contributed by atoms with Gasteiger partial charge < -0.3 is 4.74 Å². The molecule has 15 heavy (non-hydrogen) atoms. The Labute approximate surface area is 94.6 Å². The van der Waals surface area contributed by atoms with Crippen molar-refractivity contribution in [3.8, 4) is 0 Å². The number of hydrogen-bond acceptors (Lipinski definition) is 1. The number of rotatable bonds is 0. The van der Waals surface area contributed by atoms with Crippen LogP contribution in [0.25, 0.3) is 0 Å². The first-order valence-electron chi connectivity index (χ1n) is 7.04. The maximum atomic E-state index is 5.65. The minimum atomic E-state index is 0.907. The Balaban J connectivity index is 1.77. The Kier molecular flexibility index (Phi) is 4.98. The number of fused-ring (bicyclic) bond motifs is 1. The smallest absolute Gasteiger partial charge is 0.0497 e. The van der Waals surface area contributed by atoms with Crippen molar-refractivity contribution in [2.75, 3.05) is 13.2 Å². The Morgan fingerprint density at radius 1 is 0.533 bits per heavy atom. The summed E-state index contributed by atoms with van der Waals surface area (Å²) in [5.74, 6) is 1.81. The van der Waals surface area contributed by atoms with Crippen molar-refractivity contribution in [3.63, 3.8) is 0 Å². The summed E-state index contributed by atoms with van der Waals surface area (Å²) in [6, 6.07) is 0. The van der Waals surface area contributed by atoms with E-state index in [1.54, 1.807) is 0 Å². The second kappa shape index (κ2) is 6.52. The Bertz CT molecular complexity index is 149. The predicted molar refractivity (Wildman–Crippen MR) is 64.0 cm³/mol. The third-order valence-corrected chi connectivity index (χ3v) is 4.23. The molecule has 1 nitrogen and oxygen atoms in total. The van der Waals surface area contributed by atoms with Crippen LogP contribution in [0.15, 0.2) is 0 Å². The third kappa shape index (κ3) is 3.79. The van der Waals surface area contributed by atoms with Gasteiger partial charge in [-0.05, 0) is 24.7 Å². The SMILES string of the molecule is C1CCCCC[C@H]2COC[C@@H]2CCCC1. The average molecular weight is 210 g/mol. The quantitative estimate of drug-likeness (QED) is 0.583. The van der Waals surface area contributed by atoms with Crippen LogP contribution in [0.4, 0.5) is 0 Å².